The Hall–Kier alpha value is -0.0900. The van der Waals surface area contributed by atoms with Crippen LogP contribution in [0.1, 0.15) is 20.8 Å². The predicted molar refractivity (Wildman–Crippen MR) is 55.0 cm³/mol. The van der Waals surface area contributed by atoms with E-state index >= 15 is 0 Å². The van der Waals surface area contributed by atoms with Crippen molar-refractivity contribution in [2.75, 3.05) is 14.2 Å². The third-order valence-corrected chi connectivity index (χ3v) is 2.75. The van der Waals surface area contributed by atoms with Crippen molar-refractivity contribution in [3.63, 3.8) is 0 Å². The summed E-state index contributed by atoms with van der Waals surface area (Å²) in [5.74, 6) is -0.0680. The van der Waals surface area contributed by atoms with Crippen LogP contribution in [0.25, 0.3) is 0 Å². The Morgan fingerprint density at radius 2 is 1.85 bits per heavy atom. The summed E-state index contributed by atoms with van der Waals surface area (Å²) in [7, 11) is 2.96. The number of esters is 1. The van der Waals surface area contributed by atoms with E-state index in [0.29, 0.717) is 0 Å². The average molecular weight is 253 g/mol. The van der Waals surface area contributed by atoms with E-state index in [9.17, 15) is 4.79 Å². The van der Waals surface area contributed by atoms with Gasteiger partial charge in [-0.25, -0.2) is 0 Å². The van der Waals surface area contributed by atoms with E-state index in [-0.39, 0.29) is 18.0 Å². The van der Waals surface area contributed by atoms with E-state index in [1.807, 2.05) is 13.8 Å². The van der Waals surface area contributed by atoms with Gasteiger partial charge in [-0.2, -0.15) is 0 Å². The molecule has 0 bridgehead atoms. The zero-order valence-electron chi connectivity index (χ0n) is 8.76. The molecule has 0 spiro atoms. The molecule has 0 aromatic rings. The molecule has 0 saturated carbocycles. The van der Waals surface area contributed by atoms with Crippen molar-refractivity contribution in [3.05, 3.63) is 0 Å². The Labute approximate surface area is 87.9 Å². The highest BCUT2D eigenvalue weighted by atomic mass is 79.9. The van der Waals surface area contributed by atoms with Crippen molar-refractivity contribution in [1.82, 2.24) is 0 Å². The molecule has 0 fully saturated rings. The molecule has 0 rings (SSSR count). The summed E-state index contributed by atoms with van der Waals surface area (Å²) in [6.45, 7) is 5.75. The summed E-state index contributed by atoms with van der Waals surface area (Å²) in [5, 5.41) is 0. The summed E-state index contributed by atoms with van der Waals surface area (Å²) in [6, 6.07) is 0. The molecule has 0 radical (unpaired) electrons. The second kappa shape index (κ2) is 4.96. The molecular formula is C9H17BrO3. The van der Waals surface area contributed by atoms with Gasteiger partial charge >= 0.3 is 5.97 Å². The predicted octanol–water partition coefficient (Wildman–Crippen LogP) is 1.98. The highest BCUT2D eigenvalue weighted by molar-refractivity contribution is 9.10. The molecule has 3 nitrogen and oxygen atoms in total. The minimum atomic E-state index is -0.773. The number of carbonyl (C=O) groups excluding carboxylic acids is 1. The standard InChI is InChI=1S/C9H17BrO3/c1-6(2)7(12-4)9(3,10)8(11)13-5/h6-7H,1-5H3/t7-,9-/m1/s1. The van der Waals surface area contributed by atoms with Crippen LogP contribution in [0.15, 0.2) is 0 Å². The third-order valence-electron chi connectivity index (χ3n) is 1.98. The molecule has 0 aliphatic heterocycles. The Kier molecular flexibility index (Phi) is 4.92. The Bertz CT molecular complexity index is 178. The minimum absolute atomic E-state index is 0.194. The Balaban J connectivity index is 4.66. The lowest BCUT2D eigenvalue weighted by atomic mass is 9.94. The fourth-order valence-electron chi connectivity index (χ4n) is 1.44. The molecule has 78 valence electrons. The summed E-state index contributed by atoms with van der Waals surface area (Å²) >= 11 is 3.34. The van der Waals surface area contributed by atoms with E-state index < -0.39 is 4.32 Å². The number of rotatable bonds is 4. The van der Waals surface area contributed by atoms with Gasteiger partial charge < -0.3 is 9.47 Å². The summed E-state index contributed by atoms with van der Waals surface area (Å²) in [4.78, 5) is 11.4. The lowest BCUT2D eigenvalue weighted by Gasteiger charge is -2.31. The van der Waals surface area contributed by atoms with Gasteiger partial charge in [-0.1, -0.05) is 29.8 Å². The second-order valence-corrected chi connectivity index (χ2v) is 5.11. The van der Waals surface area contributed by atoms with Crippen LogP contribution in [0, 0.1) is 5.92 Å². The number of halogens is 1. The quantitative estimate of drug-likeness (QED) is 0.567. The van der Waals surface area contributed by atoms with Gasteiger partial charge in [0.1, 0.15) is 4.32 Å². The Morgan fingerprint density at radius 1 is 1.38 bits per heavy atom. The molecule has 0 aliphatic carbocycles. The lowest BCUT2D eigenvalue weighted by Crippen LogP contribution is -2.46. The largest absolute Gasteiger partial charge is 0.468 e. The molecular weight excluding hydrogens is 236 g/mol. The number of methoxy groups -OCH3 is 2. The maximum atomic E-state index is 11.4. The molecule has 0 amide bonds. The lowest BCUT2D eigenvalue weighted by molar-refractivity contribution is -0.147. The number of alkyl halides is 1. The monoisotopic (exact) mass is 252 g/mol. The summed E-state index contributed by atoms with van der Waals surface area (Å²) in [5.41, 5.74) is 0. The van der Waals surface area contributed by atoms with Crippen molar-refractivity contribution in [2.45, 2.75) is 31.2 Å². The van der Waals surface area contributed by atoms with Crippen LogP contribution >= 0.6 is 15.9 Å². The van der Waals surface area contributed by atoms with E-state index in [1.54, 1.807) is 14.0 Å². The Morgan fingerprint density at radius 3 is 2.08 bits per heavy atom. The molecule has 4 heteroatoms. The van der Waals surface area contributed by atoms with Crippen molar-refractivity contribution < 1.29 is 14.3 Å². The third kappa shape index (κ3) is 2.95. The second-order valence-electron chi connectivity index (χ2n) is 3.47. The SMILES string of the molecule is COC(=O)[C@](C)(Br)[C@H](OC)C(C)C. The zero-order valence-corrected chi connectivity index (χ0v) is 10.3. The fraction of sp³-hybridized carbons (Fsp3) is 0.889. The maximum Gasteiger partial charge on any atom is 0.325 e. The summed E-state index contributed by atoms with van der Waals surface area (Å²) in [6.07, 6.45) is -0.194. The van der Waals surface area contributed by atoms with Gasteiger partial charge in [0.05, 0.1) is 13.2 Å². The number of hydrogen-bond acceptors (Lipinski definition) is 3. The van der Waals surface area contributed by atoms with Crippen LogP contribution in [0.4, 0.5) is 0 Å². The molecule has 0 heterocycles. The molecule has 0 aromatic carbocycles. The topological polar surface area (TPSA) is 35.5 Å². The van der Waals surface area contributed by atoms with E-state index in [1.165, 1.54) is 7.11 Å². The van der Waals surface area contributed by atoms with Gasteiger partial charge in [0.15, 0.2) is 0 Å². The molecule has 0 aromatic heterocycles. The maximum absolute atomic E-state index is 11.4. The van der Waals surface area contributed by atoms with Crippen LogP contribution in [0.2, 0.25) is 0 Å². The van der Waals surface area contributed by atoms with Gasteiger partial charge in [-0.3, -0.25) is 4.79 Å². The van der Waals surface area contributed by atoms with Crippen molar-refractivity contribution in [3.8, 4) is 0 Å². The highest BCUT2D eigenvalue weighted by Gasteiger charge is 2.42. The first-order valence-electron chi connectivity index (χ1n) is 4.18. The van der Waals surface area contributed by atoms with E-state index in [0.717, 1.165) is 0 Å². The van der Waals surface area contributed by atoms with Crippen molar-refractivity contribution in [2.24, 2.45) is 5.92 Å². The van der Waals surface area contributed by atoms with Crippen molar-refractivity contribution in [1.29, 1.82) is 0 Å². The van der Waals surface area contributed by atoms with Gasteiger partial charge in [-0.05, 0) is 12.8 Å². The molecule has 0 N–H and O–H groups in total. The van der Waals surface area contributed by atoms with Gasteiger partial charge in [0.25, 0.3) is 0 Å². The fourth-order valence-corrected chi connectivity index (χ4v) is 2.31. The minimum Gasteiger partial charge on any atom is -0.468 e. The van der Waals surface area contributed by atoms with Crippen LogP contribution in [0.5, 0.6) is 0 Å². The first-order chi connectivity index (χ1) is 5.87. The van der Waals surface area contributed by atoms with Crippen LogP contribution < -0.4 is 0 Å². The van der Waals surface area contributed by atoms with Crippen LogP contribution in [0.3, 0.4) is 0 Å². The molecule has 0 aliphatic rings. The van der Waals surface area contributed by atoms with E-state index in [2.05, 4.69) is 20.7 Å². The zero-order chi connectivity index (χ0) is 10.6. The number of hydrogen-bond donors (Lipinski definition) is 0. The van der Waals surface area contributed by atoms with Gasteiger partial charge in [-0.15, -0.1) is 0 Å². The highest BCUT2D eigenvalue weighted by Crippen LogP contribution is 2.30. The smallest absolute Gasteiger partial charge is 0.325 e. The normalized spacial score (nSPS) is 18.1. The van der Waals surface area contributed by atoms with Gasteiger partial charge in [0, 0.05) is 7.11 Å². The van der Waals surface area contributed by atoms with Crippen LogP contribution in [-0.2, 0) is 14.3 Å². The molecule has 13 heavy (non-hydrogen) atoms. The average Bonchev–Trinajstić information content (AvgIpc) is 2.02. The first-order valence-corrected chi connectivity index (χ1v) is 4.97. The molecule has 0 unspecified atom stereocenters. The number of ether oxygens (including phenoxy) is 2. The van der Waals surface area contributed by atoms with Crippen LogP contribution in [-0.4, -0.2) is 30.6 Å². The van der Waals surface area contributed by atoms with Gasteiger partial charge in [0.2, 0.25) is 0 Å². The molecule has 2 atom stereocenters. The summed E-state index contributed by atoms with van der Waals surface area (Å²) < 4.78 is 9.16. The van der Waals surface area contributed by atoms with Crippen molar-refractivity contribution >= 4 is 21.9 Å². The van der Waals surface area contributed by atoms with E-state index in [4.69, 9.17) is 4.74 Å². The first kappa shape index (κ1) is 12.9. The molecule has 0 saturated heterocycles. The number of carbonyl (C=O) groups is 1.